The van der Waals surface area contributed by atoms with Crippen LogP contribution in [-0.2, 0) is 14.4 Å². The first-order valence-electron chi connectivity index (χ1n) is 5.52. The van der Waals surface area contributed by atoms with Gasteiger partial charge in [-0.05, 0) is 19.8 Å². The maximum absolute atomic E-state index is 11.6. The van der Waals surface area contributed by atoms with E-state index in [-0.39, 0.29) is 5.92 Å². The summed E-state index contributed by atoms with van der Waals surface area (Å²) < 4.78 is 4.83. The molecule has 0 spiro atoms. The molecular formula is C10H19NO5. The number of ether oxygens (including phenoxy) is 1. The minimum Gasteiger partial charge on any atom is -0.435 e. The van der Waals surface area contributed by atoms with Crippen molar-refractivity contribution in [2.75, 3.05) is 0 Å². The van der Waals surface area contributed by atoms with Crippen LogP contribution in [0, 0.1) is 16.0 Å². The molecular weight excluding hydrogens is 214 g/mol. The van der Waals surface area contributed by atoms with Crippen molar-refractivity contribution in [1.82, 2.24) is 0 Å². The summed E-state index contributed by atoms with van der Waals surface area (Å²) in [7, 11) is 0. The fourth-order valence-electron chi connectivity index (χ4n) is 1.48. The largest absolute Gasteiger partial charge is 0.435 e. The average Bonchev–Trinajstić information content (AvgIpc) is 2.15. The Kier molecular flexibility index (Phi) is 7.24. The van der Waals surface area contributed by atoms with Crippen molar-refractivity contribution in [2.24, 2.45) is 5.92 Å². The van der Waals surface area contributed by atoms with E-state index in [0.717, 1.165) is 25.7 Å². The second kappa shape index (κ2) is 7.90. The molecule has 0 heterocycles. The lowest BCUT2D eigenvalue weighted by Gasteiger charge is -2.17. The van der Waals surface area contributed by atoms with Gasteiger partial charge in [0.2, 0.25) is 6.29 Å². The fraction of sp³-hybridized carbons (Fsp3) is 0.900. The van der Waals surface area contributed by atoms with Gasteiger partial charge in [0.25, 0.3) is 5.09 Å². The van der Waals surface area contributed by atoms with Crippen LogP contribution in [-0.4, -0.2) is 17.3 Å². The van der Waals surface area contributed by atoms with Crippen LogP contribution in [0.25, 0.3) is 0 Å². The van der Waals surface area contributed by atoms with Crippen LogP contribution < -0.4 is 0 Å². The first-order chi connectivity index (χ1) is 7.51. The Morgan fingerprint density at radius 3 is 2.19 bits per heavy atom. The minimum absolute atomic E-state index is 0.187. The number of nitrogens with zero attached hydrogens (tertiary/aromatic N) is 1. The van der Waals surface area contributed by atoms with Crippen molar-refractivity contribution in [1.29, 1.82) is 0 Å². The summed E-state index contributed by atoms with van der Waals surface area (Å²) in [6.45, 7) is 5.29. The van der Waals surface area contributed by atoms with Crippen LogP contribution in [0.2, 0.25) is 0 Å². The van der Waals surface area contributed by atoms with Crippen molar-refractivity contribution in [3.8, 4) is 0 Å². The van der Waals surface area contributed by atoms with E-state index in [0.29, 0.717) is 0 Å². The molecule has 0 radical (unpaired) electrons. The highest BCUT2D eigenvalue weighted by molar-refractivity contribution is 5.72. The Morgan fingerprint density at radius 1 is 1.31 bits per heavy atom. The molecule has 0 bridgehead atoms. The Labute approximate surface area is 95.0 Å². The van der Waals surface area contributed by atoms with E-state index in [9.17, 15) is 14.9 Å². The molecule has 0 aromatic carbocycles. The average molecular weight is 233 g/mol. The Bertz CT molecular complexity index is 225. The van der Waals surface area contributed by atoms with Gasteiger partial charge >= 0.3 is 5.97 Å². The van der Waals surface area contributed by atoms with Gasteiger partial charge in [-0.1, -0.05) is 26.7 Å². The number of hydrogen-bond donors (Lipinski definition) is 0. The van der Waals surface area contributed by atoms with Gasteiger partial charge in [0.05, 0.1) is 5.92 Å². The molecule has 0 saturated heterocycles. The van der Waals surface area contributed by atoms with E-state index in [2.05, 4.69) is 4.84 Å². The SMILES string of the molecule is CCCC(CCC)C(=O)OC(C)O[N+](=O)[O-]. The molecule has 6 heteroatoms. The maximum Gasteiger partial charge on any atom is 0.311 e. The second-order valence-corrected chi connectivity index (χ2v) is 3.61. The standard InChI is InChI=1S/C10H19NO5/c1-4-6-9(7-5-2)10(12)15-8(3)16-11(13)14/h8-9H,4-7H2,1-3H3. The molecule has 0 rings (SSSR count). The summed E-state index contributed by atoms with van der Waals surface area (Å²) in [5.74, 6) is -0.606. The van der Waals surface area contributed by atoms with E-state index < -0.39 is 17.3 Å². The summed E-state index contributed by atoms with van der Waals surface area (Å²) >= 11 is 0. The van der Waals surface area contributed by atoms with Crippen LogP contribution in [0.15, 0.2) is 0 Å². The molecule has 1 atom stereocenters. The molecule has 0 saturated carbocycles. The lowest BCUT2D eigenvalue weighted by atomic mass is 9.99. The van der Waals surface area contributed by atoms with Gasteiger partial charge in [0.1, 0.15) is 0 Å². The third kappa shape index (κ3) is 6.21. The van der Waals surface area contributed by atoms with Gasteiger partial charge in [-0.25, -0.2) is 0 Å². The zero-order valence-corrected chi connectivity index (χ0v) is 9.97. The lowest BCUT2D eigenvalue weighted by Crippen LogP contribution is -2.26. The fourth-order valence-corrected chi connectivity index (χ4v) is 1.48. The van der Waals surface area contributed by atoms with Gasteiger partial charge in [0, 0.05) is 0 Å². The first-order valence-corrected chi connectivity index (χ1v) is 5.52. The summed E-state index contributed by atoms with van der Waals surface area (Å²) in [5, 5.41) is 9.04. The van der Waals surface area contributed by atoms with Gasteiger partial charge in [-0.15, -0.1) is 10.1 Å². The molecule has 1 unspecified atom stereocenters. The van der Waals surface area contributed by atoms with Crippen molar-refractivity contribution < 1.29 is 19.5 Å². The third-order valence-corrected chi connectivity index (χ3v) is 2.12. The summed E-state index contributed by atoms with van der Waals surface area (Å²) in [6, 6.07) is 0. The second-order valence-electron chi connectivity index (χ2n) is 3.61. The predicted octanol–water partition coefficient (Wildman–Crippen LogP) is 2.30. The van der Waals surface area contributed by atoms with E-state index in [1.165, 1.54) is 6.92 Å². The third-order valence-electron chi connectivity index (χ3n) is 2.12. The normalized spacial score (nSPS) is 12.2. The van der Waals surface area contributed by atoms with Crippen LogP contribution >= 0.6 is 0 Å². The number of esters is 1. The zero-order valence-electron chi connectivity index (χ0n) is 9.97. The van der Waals surface area contributed by atoms with Gasteiger partial charge in [0.15, 0.2) is 0 Å². The molecule has 0 aliphatic rings. The highest BCUT2D eigenvalue weighted by atomic mass is 17.0. The molecule has 0 N–H and O–H groups in total. The van der Waals surface area contributed by atoms with E-state index in [4.69, 9.17) is 4.74 Å². The van der Waals surface area contributed by atoms with Crippen LogP contribution in [0.3, 0.4) is 0 Å². The lowest BCUT2D eigenvalue weighted by molar-refractivity contribution is -0.777. The van der Waals surface area contributed by atoms with E-state index in [1.807, 2.05) is 13.8 Å². The number of rotatable bonds is 8. The van der Waals surface area contributed by atoms with Gasteiger partial charge < -0.3 is 4.74 Å². The molecule has 94 valence electrons. The van der Waals surface area contributed by atoms with Crippen LogP contribution in [0.1, 0.15) is 46.5 Å². The Hall–Kier alpha value is -1.33. The molecule has 6 nitrogen and oxygen atoms in total. The van der Waals surface area contributed by atoms with Crippen molar-refractivity contribution in [2.45, 2.75) is 52.7 Å². The highest BCUT2D eigenvalue weighted by Gasteiger charge is 2.21. The number of hydrogen-bond acceptors (Lipinski definition) is 5. The highest BCUT2D eigenvalue weighted by Crippen LogP contribution is 2.16. The first kappa shape index (κ1) is 14.7. The molecule has 0 aromatic rings. The van der Waals surface area contributed by atoms with E-state index >= 15 is 0 Å². The van der Waals surface area contributed by atoms with Crippen LogP contribution in [0.4, 0.5) is 0 Å². The topological polar surface area (TPSA) is 78.7 Å². The number of carbonyl (C=O) groups excluding carboxylic acids is 1. The van der Waals surface area contributed by atoms with Gasteiger partial charge in [-0.2, -0.15) is 0 Å². The molecule has 0 aliphatic carbocycles. The van der Waals surface area contributed by atoms with Crippen molar-refractivity contribution in [3.05, 3.63) is 10.1 Å². The smallest absolute Gasteiger partial charge is 0.311 e. The maximum atomic E-state index is 11.6. The summed E-state index contributed by atoms with van der Waals surface area (Å²) in [6.07, 6.45) is 2.09. The van der Waals surface area contributed by atoms with Crippen molar-refractivity contribution in [3.63, 3.8) is 0 Å². The monoisotopic (exact) mass is 233 g/mol. The Morgan fingerprint density at radius 2 is 1.81 bits per heavy atom. The Balaban J connectivity index is 4.12. The minimum atomic E-state index is -1.14. The van der Waals surface area contributed by atoms with Gasteiger partial charge in [-0.3, -0.25) is 9.63 Å². The molecule has 0 fully saturated rings. The van der Waals surface area contributed by atoms with E-state index in [1.54, 1.807) is 0 Å². The quantitative estimate of drug-likeness (QED) is 0.278. The molecule has 0 amide bonds. The molecule has 16 heavy (non-hydrogen) atoms. The van der Waals surface area contributed by atoms with Crippen LogP contribution in [0.5, 0.6) is 0 Å². The summed E-state index contributed by atoms with van der Waals surface area (Å²) in [5.41, 5.74) is 0. The van der Waals surface area contributed by atoms with Crippen molar-refractivity contribution >= 4 is 5.97 Å². The predicted molar refractivity (Wildman–Crippen MR) is 56.9 cm³/mol. The number of carbonyl (C=O) groups is 1. The molecule has 0 aromatic heterocycles. The summed E-state index contributed by atoms with van der Waals surface area (Å²) in [4.78, 5) is 25.7. The molecule has 0 aliphatic heterocycles. The zero-order chi connectivity index (χ0) is 12.6.